The van der Waals surface area contributed by atoms with Gasteiger partial charge in [-0.3, -0.25) is 10.1 Å². The molecule has 1 aromatic carbocycles. The summed E-state index contributed by atoms with van der Waals surface area (Å²) >= 11 is 0. The van der Waals surface area contributed by atoms with Crippen LogP contribution in [0.1, 0.15) is 31.1 Å². The number of hydrogen-bond acceptors (Lipinski definition) is 4. The highest BCUT2D eigenvalue weighted by Crippen LogP contribution is 2.43. The molecule has 0 radical (unpaired) electrons. The number of aliphatic hydroxyl groups is 1. The van der Waals surface area contributed by atoms with Crippen LogP contribution in [0, 0.1) is 22.5 Å². The second-order valence-electron chi connectivity index (χ2n) is 5.23. The van der Waals surface area contributed by atoms with Crippen LogP contribution in [-0.2, 0) is 0 Å². The average Bonchev–Trinajstić information content (AvgIpc) is 2.23. The van der Waals surface area contributed by atoms with Crippen LogP contribution in [-0.4, -0.2) is 16.6 Å². The number of nitro groups is 1. The lowest BCUT2D eigenvalue weighted by molar-refractivity contribution is -0.385. The van der Waals surface area contributed by atoms with Crippen LogP contribution in [0.5, 0.6) is 0 Å². The van der Waals surface area contributed by atoms with Crippen molar-refractivity contribution in [3.05, 3.63) is 33.4 Å². The zero-order chi connectivity index (χ0) is 12.8. The van der Waals surface area contributed by atoms with Crippen LogP contribution in [0.2, 0.25) is 0 Å². The summed E-state index contributed by atoms with van der Waals surface area (Å²) < 4.78 is 0. The van der Waals surface area contributed by atoms with E-state index in [4.69, 9.17) is 0 Å². The van der Waals surface area contributed by atoms with Crippen LogP contribution in [0.25, 0.3) is 0 Å². The molecule has 1 atom stereocenters. The van der Waals surface area contributed by atoms with E-state index in [1.807, 2.05) is 20.8 Å². The molecular formula is C12H16N2O3. The van der Waals surface area contributed by atoms with Crippen molar-refractivity contribution in [1.82, 2.24) is 0 Å². The van der Waals surface area contributed by atoms with Crippen molar-refractivity contribution in [2.75, 3.05) is 11.9 Å². The van der Waals surface area contributed by atoms with E-state index in [2.05, 4.69) is 5.32 Å². The predicted octanol–water partition coefficient (Wildman–Crippen LogP) is 2.39. The van der Waals surface area contributed by atoms with Crippen LogP contribution < -0.4 is 5.32 Å². The van der Waals surface area contributed by atoms with Crippen molar-refractivity contribution >= 4 is 11.4 Å². The average molecular weight is 236 g/mol. The molecule has 0 fully saturated rings. The Labute approximate surface area is 99.6 Å². The summed E-state index contributed by atoms with van der Waals surface area (Å²) in [5.41, 5.74) is 1.94. The zero-order valence-electron chi connectivity index (χ0n) is 10.2. The summed E-state index contributed by atoms with van der Waals surface area (Å²) in [6, 6.07) is 2.98. The molecule has 1 aromatic rings. The summed E-state index contributed by atoms with van der Waals surface area (Å²) in [6.07, 6.45) is -0.683. The van der Waals surface area contributed by atoms with E-state index in [0.29, 0.717) is 12.1 Å². The van der Waals surface area contributed by atoms with E-state index >= 15 is 0 Å². The maximum atomic E-state index is 10.8. The fraction of sp³-hybridized carbons (Fsp3) is 0.500. The topological polar surface area (TPSA) is 75.4 Å². The Bertz CT molecular complexity index is 483. The van der Waals surface area contributed by atoms with Crippen molar-refractivity contribution in [1.29, 1.82) is 0 Å². The fourth-order valence-corrected chi connectivity index (χ4v) is 2.19. The van der Waals surface area contributed by atoms with Gasteiger partial charge in [-0.2, -0.15) is 0 Å². The molecule has 17 heavy (non-hydrogen) atoms. The number of nitrogens with zero attached hydrogens (tertiary/aromatic N) is 1. The summed E-state index contributed by atoms with van der Waals surface area (Å²) in [5, 5.41) is 24.3. The van der Waals surface area contributed by atoms with Gasteiger partial charge in [0.2, 0.25) is 0 Å². The van der Waals surface area contributed by atoms with Gasteiger partial charge >= 0.3 is 0 Å². The molecule has 1 aliphatic rings. The smallest absolute Gasteiger partial charge is 0.270 e. The number of rotatable bonds is 1. The first-order valence-corrected chi connectivity index (χ1v) is 5.54. The molecule has 0 spiro atoms. The van der Waals surface area contributed by atoms with Gasteiger partial charge in [0.05, 0.1) is 11.0 Å². The SMILES string of the molecule is Cc1cc([N+](=O)[O-])cc2c1NCC(C)(C)C2O. The standard InChI is InChI=1S/C12H16N2O3/c1-7-4-8(14(16)17)5-9-10(7)13-6-12(2,3)11(9)15/h4-5,11,13,15H,6H2,1-3H3. The molecule has 1 aliphatic heterocycles. The number of aryl methyl sites for hydroxylation is 1. The molecular weight excluding hydrogens is 220 g/mol. The molecule has 0 bridgehead atoms. The van der Waals surface area contributed by atoms with Crippen LogP contribution in [0.3, 0.4) is 0 Å². The third-order valence-electron chi connectivity index (χ3n) is 3.32. The van der Waals surface area contributed by atoms with E-state index < -0.39 is 11.0 Å². The first-order chi connectivity index (χ1) is 7.83. The second kappa shape index (κ2) is 3.70. The van der Waals surface area contributed by atoms with E-state index in [9.17, 15) is 15.2 Å². The quantitative estimate of drug-likeness (QED) is 0.580. The van der Waals surface area contributed by atoms with Crippen molar-refractivity contribution in [3.63, 3.8) is 0 Å². The monoisotopic (exact) mass is 236 g/mol. The van der Waals surface area contributed by atoms with E-state index in [0.717, 1.165) is 11.3 Å². The molecule has 0 saturated carbocycles. The lowest BCUT2D eigenvalue weighted by Crippen LogP contribution is -2.35. The number of aliphatic hydroxyl groups excluding tert-OH is 1. The van der Waals surface area contributed by atoms with Gasteiger partial charge in [0.25, 0.3) is 5.69 Å². The molecule has 0 aliphatic carbocycles. The molecule has 0 amide bonds. The van der Waals surface area contributed by atoms with Crippen LogP contribution in [0.4, 0.5) is 11.4 Å². The Morgan fingerprint density at radius 3 is 2.76 bits per heavy atom. The van der Waals surface area contributed by atoms with Crippen molar-refractivity contribution in [3.8, 4) is 0 Å². The van der Waals surface area contributed by atoms with Gasteiger partial charge in [-0.25, -0.2) is 0 Å². The Morgan fingerprint density at radius 2 is 2.18 bits per heavy atom. The first-order valence-electron chi connectivity index (χ1n) is 5.54. The van der Waals surface area contributed by atoms with Gasteiger partial charge in [0.1, 0.15) is 0 Å². The number of fused-ring (bicyclic) bond motifs is 1. The summed E-state index contributed by atoms with van der Waals surface area (Å²) in [5.74, 6) is 0. The van der Waals surface area contributed by atoms with Crippen molar-refractivity contribution in [2.45, 2.75) is 26.9 Å². The Morgan fingerprint density at radius 1 is 1.53 bits per heavy atom. The van der Waals surface area contributed by atoms with Gasteiger partial charge in [-0.15, -0.1) is 0 Å². The Hall–Kier alpha value is -1.62. The normalized spacial score (nSPS) is 21.5. The molecule has 92 valence electrons. The van der Waals surface area contributed by atoms with Crippen molar-refractivity contribution in [2.24, 2.45) is 5.41 Å². The molecule has 1 unspecified atom stereocenters. The third-order valence-corrected chi connectivity index (χ3v) is 3.32. The zero-order valence-corrected chi connectivity index (χ0v) is 10.2. The van der Waals surface area contributed by atoms with Crippen LogP contribution in [0.15, 0.2) is 12.1 Å². The van der Waals surface area contributed by atoms with Gasteiger partial charge < -0.3 is 10.4 Å². The van der Waals surface area contributed by atoms with Gasteiger partial charge in [-0.1, -0.05) is 13.8 Å². The molecule has 0 saturated heterocycles. The maximum absolute atomic E-state index is 10.8. The van der Waals surface area contributed by atoms with Crippen LogP contribution >= 0.6 is 0 Å². The lowest BCUT2D eigenvalue weighted by atomic mass is 9.78. The van der Waals surface area contributed by atoms with E-state index in [1.54, 1.807) is 0 Å². The van der Waals surface area contributed by atoms with E-state index in [-0.39, 0.29) is 11.1 Å². The molecule has 2 N–H and O–H groups in total. The summed E-state index contributed by atoms with van der Waals surface area (Å²) in [7, 11) is 0. The number of benzene rings is 1. The molecule has 5 nitrogen and oxygen atoms in total. The third kappa shape index (κ3) is 1.86. The van der Waals surface area contributed by atoms with Gasteiger partial charge in [0, 0.05) is 35.3 Å². The summed E-state index contributed by atoms with van der Waals surface area (Å²) in [4.78, 5) is 10.4. The predicted molar refractivity (Wildman–Crippen MR) is 65.1 cm³/mol. The lowest BCUT2D eigenvalue weighted by Gasteiger charge is -2.38. The minimum Gasteiger partial charge on any atom is -0.388 e. The number of nitrogens with one attached hydrogen (secondary N) is 1. The summed E-state index contributed by atoms with van der Waals surface area (Å²) in [6.45, 7) is 6.33. The highest BCUT2D eigenvalue weighted by Gasteiger charge is 2.36. The van der Waals surface area contributed by atoms with E-state index in [1.165, 1.54) is 12.1 Å². The number of nitro benzene ring substituents is 1. The largest absolute Gasteiger partial charge is 0.388 e. The fourth-order valence-electron chi connectivity index (χ4n) is 2.19. The molecule has 2 rings (SSSR count). The number of non-ortho nitro benzene ring substituents is 1. The molecule has 5 heteroatoms. The maximum Gasteiger partial charge on any atom is 0.270 e. The highest BCUT2D eigenvalue weighted by atomic mass is 16.6. The first kappa shape index (κ1) is 11.9. The number of hydrogen-bond donors (Lipinski definition) is 2. The Kier molecular flexibility index (Phi) is 2.58. The molecule has 0 aromatic heterocycles. The van der Waals surface area contributed by atoms with Gasteiger partial charge in [0.15, 0.2) is 0 Å². The minimum absolute atomic E-state index is 0.0276. The molecule has 1 heterocycles. The number of anilines is 1. The minimum atomic E-state index is -0.683. The Balaban J connectivity index is 2.59. The highest BCUT2D eigenvalue weighted by molar-refractivity contribution is 5.64. The van der Waals surface area contributed by atoms with Crippen molar-refractivity contribution < 1.29 is 10.0 Å². The van der Waals surface area contributed by atoms with Gasteiger partial charge in [-0.05, 0) is 12.5 Å². The second-order valence-corrected chi connectivity index (χ2v) is 5.23.